The zero-order chi connectivity index (χ0) is 23.5. The summed E-state index contributed by atoms with van der Waals surface area (Å²) in [6, 6.07) is 1.66. The number of nitrogens with one attached hydrogen (secondary N) is 4. The van der Waals surface area contributed by atoms with Crippen LogP contribution in [0.25, 0.3) is 5.65 Å². The molecule has 1 unspecified atom stereocenters. The lowest BCUT2D eigenvalue weighted by molar-refractivity contribution is -0.112. The lowest BCUT2D eigenvalue weighted by Gasteiger charge is -2.28. The molecule has 0 saturated carbocycles. The fourth-order valence-corrected chi connectivity index (χ4v) is 4.30. The molecule has 2 aliphatic rings. The summed E-state index contributed by atoms with van der Waals surface area (Å²) in [7, 11) is 0. The number of allylic oxidation sites excluding steroid dienone is 3. The van der Waals surface area contributed by atoms with Crippen molar-refractivity contribution in [3.63, 3.8) is 0 Å². The molecule has 1 saturated heterocycles. The van der Waals surface area contributed by atoms with E-state index in [0.717, 1.165) is 31.8 Å². The summed E-state index contributed by atoms with van der Waals surface area (Å²) in [6.07, 6.45) is 9.71. The van der Waals surface area contributed by atoms with E-state index >= 15 is 0 Å². The van der Waals surface area contributed by atoms with Crippen molar-refractivity contribution < 1.29 is 9.18 Å². The molecule has 1 amide bonds. The molecule has 4 N–H and O–H groups in total. The second-order valence-corrected chi connectivity index (χ2v) is 8.26. The van der Waals surface area contributed by atoms with Crippen LogP contribution in [0.1, 0.15) is 26.0 Å². The highest BCUT2D eigenvalue weighted by atomic mass is 19.1. The third-order valence-corrected chi connectivity index (χ3v) is 5.82. The van der Waals surface area contributed by atoms with Crippen LogP contribution >= 0.6 is 0 Å². The van der Waals surface area contributed by atoms with Crippen molar-refractivity contribution >= 4 is 23.0 Å². The summed E-state index contributed by atoms with van der Waals surface area (Å²) in [5.74, 6) is -0.979. The summed E-state index contributed by atoms with van der Waals surface area (Å²) in [4.78, 5) is 19.4. The molecule has 0 bridgehead atoms. The Labute approximate surface area is 192 Å². The molecule has 8 nitrogen and oxygen atoms in total. The number of anilines is 1. The number of halogens is 1. The molecule has 4 rings (SSSR count). The Bertz CT molecular complexity index is 1180. The molecular weight excluding hydrogens is 421 g/mol. The average molecular weight is 452 g/mol. The topological polar surface area (TPSA) is 97.5 Å². The van der Waals surface area contributed by atoms with Crippen LogP contribution in [0.3, 0.4) is 0 Å². The number of aromatic nitrogens is 2. The summed E-state index contributed by atoms with van der Waals surface area (Å²) in [6.45, 7) is 9.23. The van der Waals surface area contributed by atoms with Crippen molar-refractivity contribution in [3.8, 4) is 0 Å². The van der Waals surface area contributed by atoms with Crippen molar-refractivity contribution in [1.29, 1.82) is 5.41 Å². The quantitative estimate of drug-likeness (QED) is 0.519. The van der Waals surface area contributed by atoms with Crippen LogP contribution in [0.2, 0.25) is 0 Å². The summed E-state index contributed by atoms with van der Waals surface area (Å²) in [5.41, 5.74) is 3.16. The zero-order valence-electron chi connectivity index (χ0n) is 19.2. The van der Waals surface area contributed by atoms with E-state index in [9.17, 15) is 9.18 Å². The largest absolute Gasteiger partial charge is 0.391 e. The second-order valence-electron chi connectivity index (χ2n) is 8.26. The molecule has 2 aromatic heterocycles. The Balaban J connectivity index is 1.59. The van der Waals surface area contributed by atoms with Gasteiger partial charge in [0.15, 0.2) is 11.5 Å². The molecular formula is C24H30FN7O. The summed E-state index contributed by atoms with van der Waals surface area (Å²) in [5, 5.41) is 18.2. The lowest BCUT2D eigenvalue weighted by atomic mass is 9.93. The molecule has 1 fully saturated rings. The van der Waals surface area contributed by atoms with Crippen molar-refractivity contribution in [2.75, 3.05) is 31.5 Å². The first-order valence-electron chi connectivity index (χ1n) is 11.3. The number of nitrogens with zero attached hydrogens (tertiary/aromatic N) is 3. The first kappa shape index (κ1) is 22.7. The Hall–Kier alpha value is -3.46. The molecule has 33 heavy (non-hydrogen) atoms. The number of fused-ring (bicyclic) bond motifs is 1. The van der Waals surface area contributed by atoms with E-state index in [4.69, 9.17) is 5.41 Å². The van der Waals surface area contributed by atoms with Crippen molar-refractivity contribution in [1.82, 2.24) is 24.9 Å². The SMILES string of the molecule is CCN/C=C1\C(=N)C(C(=O)Nc2cc(F)c3nc(C)cn3c2)=CC=C1N1CCC(NCC)C1. The Kier molecular flexibility index (Phi) is 6.60. The third-order valence-electron chi connectivity index (χ3n) is 5.82. The third kappa shape index (κ3) is 4.68. The van der Waals surface area contributed by atoms with Crippen LogP contribution in [0.15, 0.2) is 53.7 Å². The molecule has 3 heterocycles. The van der Waals surface area contributed by atoms with E-state index in [1.165, 1.54) is 6.07 Å². The zero-order valence-corrected chi connectivity index (χ0v) is 19.2. The first-order chi connectivity index (χ1) is 15.9. The van der Waals surface area contributed by atoms with Gasteiger partial charge in [-0.05, 0) is 39.0 Å². The number of aryl methyl sites for hydroxylation is 1. The minimum atomic E-state index is -0.521. The maximum atomic E-state index is 14.4. The van der Waals surface area contributed by atoms with E-state index in [2.05, 4.69) is 32.8 Å². The highest BCUT2D eigenvalue weighted by Crippen LogP contribution is 2.28. The summed E-state index contributed by atoms with van der Waals surface area (Å²) >= 11 is 0. The molecule has 0 spiro atoms. The van der Waals surface area contributed by atoms with Crippen LogP contribution in [0, 0.1) is 18.2 Å². The van der Waals surface area contributed by atoms with Gasteiger partial charge in [0, 0.05) is 61.6 Å². The number of hydrogen-bond acceptors (Lipinski definition) is 6. The number of rotatable bonds is 7. The minimum Gasteiger partial charge on any atom is -0.391 e. The van der Waals surface area contributed by atoms with Crippen LogP contribution in [-0.2, 0) is 4.79 Å². The molecule has 0 aromatic carbocycles. The number of imidazole rings is 1. The maximum absolute atomic E-state index is 14.4. The highest BCUT2D eigenvalue weighted by molar-refractivity contribution is 6.31. The predicted molar refractivity (Wildman–Crippen MR) is 128 cm³/mol. The number of likely N-dealkylation sites (N-methyl/N-ethyl adjacent to an activating group) is 1. The standard InChI is InChI=1S/C24H30FN7O/c1-4-27-11-19-21(31-9-8-16(13-31)28-5-2)7-6-18(22(19)26)24(33)30-17-10-20(25)23-29-15(3)12-32(23)14-17/h6-7,10-12,14,16,26-28H,4-5,8-9,13H2,1-3H3,(H,30,33)/b19-11-,26-22?. The van der Waals surface area contributed by atoms with Crippen LogP contribution in [-0.4, -0.2) is 58.1 Å². The number of pyridine rings is 1. The van der Waals surface area contributed by atoms with E-state index in [0.29, 0.717) is 29.5 Å². The van der Waals surface area contributed by atoms with Gasteiger partial charge in [0.25, 0.3) is 5.91 Å². The van der Waals surface area contributed by atoms with E-state index in [1.54, 1.807) is 36.0 Å². The monoisotopic (exact) mass is 451 g/mol. The fourth-order valence-electron chi connectivity index (χ4n) is 4.30. The van der Waals surface area contributed by atoms with Crippen molar-refractivity contribution in [2.24, 2.45) is 0 Å². The molecule has 9 heteroatoms. The average Bonchev–Trinajstić information content (AvgIpc) is 3.39. The van der Waals surface area contributed by atoms with Gasteiger partial charge in [-0.2, -0.15) is 0 Å². The summed E-state index contributed by atoms with van der Waals surface area (Å²) < 4.78 is 16.0. The number of hydrogen-bond donors (Lipinski definition) is 4. The number of likely N-dealkylation sites (tertiary alicyclic amines) is 1. The molecule has 2 aromatic rings. The smallest absolute Gasteiger partial charge is 0.257 e. The highest BCUT2D eigenvalue weighted by Gasteiger charge is 2.30. The van der Waals surface area contributed by atoms with Gasteiger partial charge in [-0.15, -0.1) is 0 Å². The molecule has 0 radical (unpaired) electrons. The molecule has 1 aliphatic carbocycles. The molecule has 1 atom stereocenters. The van der Waals surface area contributed by atoms with Crippen molar-refractivity contribution in [2.45, 2.75) is 33.2 Å². The van der Waals surface area contributed by atoms with Crippen LogP contribution in [0.4, 0.5) is 10.1 Å². The van der Waals surface area contributed by atoms with Gasteiger partial charge in [-0.3, -0.25) is 10.2 Å². The predicted octanol–water partition coefficient (Wildman–Crippen LogP) is 2.74. The van der Waals surface area contributed by atoms with Crippen molar-refractivity contribution in [3.05, 3.63) is 65.2 Å². The van der Waals surface area contributed by atoms with Gasteiger partial charge >= 0.3 is 0 Å². The van der Waals surface area contributed by atoms with Gasteiger partial charge in [0.05, 0.1) is 22.7 Å². The lowest BCUT2D eigenvalue weighted by Crippen LogP contribution is -2.34. The van der Waals surface area contributed by atoms with E-state index < -0.39 is 11.7 Å². The van der Waals surface area contributed by atoms with Gasteiger partial charge in [-0.25, -0.2) is 9.37 Å². The Morgan fingerprint density at radius 1 is 1.30 bits per heavy atom. The second kappa shape index (κ2) is 9.58. The minimum absolute atomic E-state index is 0.137. The first-order valence-corrected chi connectivity index (χ1v) is 11.3. The number of carbonyl (C=O) groups excluding carboxylic acids is 1. The van der Waals surface area contributed by atoms with Crippen LogP contribution < -0.4 is 16.0 Å². The normalized spacial score (nSPS) is 19.8. The fraction of sp³-hybridized carbons (Fsp3) is 0.375. The molecule has 1 aliphatic heterocycles. The Morgan fingerprint density at radius 3 is 2.88 bits per heavy atom. The van der Waals surface area contributed by atoms with E-state index in [1.807, 2.05) is 13.0 Å². The maximum Gasteiger partial charge on any atom is 0.257 e. The Morgan fingerprint density at radius 2 is 2.12 bits per heavy atom. The number of carbonyl (C=O) groups is 1. The van der Waals surface area contributed by atoms with Gasteiger partial charge < -0.3 is 25.3 Å². The van der Waals surface area contributed by atoms with Gasteiger partial charge in [0.1, 0.15) is 0 Å². The van der Waals surface area contributed by atoms with Gasteiger partial charge in [-0.1, -0.05) is 6.92 Å². The van der Waals surface area contributed by atoms with Gasteiger partial charge in [0.2, 0.25) is 0 Å². The van der Waals surface area contributed by atoms with Crippen LogP contribution in [0.5, 0.6) is 0 Å². The molecule has 174 valence electrons. The van der Waals surface area contributed by atoms with E-state index in [-0.39, 0.29) is 16.9 Å². The number of amides is 1.